The third-order valence-electron chi connectivity index (χ3n) is 2.85. The molecular weight excluding hydrogens is 209 g/mol. The molecule has 1 aromatic carbocycles. The lowest BCUT2D eigenvalue weighted by atomic mass is 9.96. The molecule has 1 aromatic rings. The third kappa shape index (κ3) is 2.93. The van der Waals surface area contributed by atoms with Gasteiger partial charge in [-0.25, -0.2) is 4.39 Å². The van der Waals surface area contributed by atoms with Gasteiger partial charge >= 0.3 is 0 Å². The summed E-state index contributed by atoms with van der Waals surface area (Å²) in [6, 6.07) is 6.01. The van der Waals surface area contributed by atoms with Gasteiger partial charge in [-0.2, -0.15) is 0 Å². The first-order valence-corrected chi connectivity index (χ1v) is 5.19. The highest BCUT2D eigenvalue weighted by molar-refractivity contribution is 5.45. The van der Waals surface area contributed by atoms with Gasteiger partial charge in [0.1, 0.15) is 5.82 Å². The number of hydrogen-bond donors (Lipinski definition) is 2. The van der Waals surface area contributed by atoms with Crippen molar-refractivity contribution >= 4 is 5.69 Å². The molecule has 0 amide bonds. The van der Waals surface area contributed by atoms with E-state index in [2.05, 4.69) is 5.32 Å². The van der Waals surface area contributed by atoms with Crippen LogP contribution in [-0.2, 0) is 4.74 Å². The Morgan fingerprint density at radius 3 is 2.44 bits per heavy atom. The highest BCUT2D eigenvalue weighted by Gasteiger charge is 2.30. The minimum atomic E-state index is -0.591. The van der Waals surface area contributed by atoms with Crippen molar-refractivity contribution in [3.63, 3.8) is 0 Å². The predicted molar refractivity (Wildman–Crippen MR) is 62.0 cm³/mol. The zero-order valence-electron chi connectivity index (χ0n) is 9.83. The molecule has 0 heterocycles. The van der Waals surface area contributed by atoms with Crippen LogP contribution in [0.15, 0.2) is 24.3 Å². The fourth-order valence-corrected chi connectivity index (χ4v) is 1.39. The van der Waals surface area contributed by atoms with E-state index in [1.165, 1.54) is 12.1 Å². The molecule has 3 nitrogen and oxygen atoms in total. The van der Waals surface area contributed by atoms with Crippen LogP contribution in [0.4, 0.5) is 10.1 Å². The number of hydrogen-bond acceptors (Lipinski definition) is 3. The van der Waals surface area contributed by atoms with Crippen molar-refractivity contribution in [2.75, 3.05) is 19.0 Å². The molecule has 0 aliphatic rings. The molecule has 0 aliphatic carbocycles. The topological polar surface area (TPSA) is 41.5 Å². The van der Waals surface area contributed by atoms with Crippen LogP contribution in [0.5, 0.6) is 0 Å². The largest absolute Gasteiger partial charge is 0.394 e. The lowest BCUT2D eigenvalue weighted by Gasteiger charge is -2.34. The highest BCUT2D eigenvalue weighted by atomic mass is 19.1. The van der Waals surface area contributed by atoms with Gasteiger partial charge in [0, 0.05) is 12.8 Å². The molecule has 16 heavy (non-hydrogen) atoms. The van der Waals surface area contributed by atoms with E-state index in [0.29, 0.717) is 0 Å². The number of aliphatic hydroxyl groups excluding tert-OH is 1. The number of nitrogens with one attached hydrogen (secondary N) is 1. The number of anilines is 1. The predicted octanol–water partition coefficient (Wildman–Crippen LogP) is 2.02. The molecule has 0 saturated carbocycles. The Hall–Kier alpha value is -1.13. The Bertz CT molecular complexity index is 328. The van der Waals surface area contributed by atoms with Gasteiger partial charge in [-0.05, 0) is 38.1 Å². The standard InChI is InChI=1S/C12H18FNO2/c1-9(16-3)12(2,8-15)14-11-6-4-10(13)5-7-11/h4-7,9,14-15H,8H2,1-3H3. The molecule has 90 valence electrons. The zero-order chi connectivity index (χ0) is 12.2. The van der Waals surface area contributed by atoms with Gasteiger partial charge in [0.2, 0.25) is 0 Å². The van der Waals surface area contributed by atoms with Crippen LogP contribution < -0.4 is 5.32 Å². The number of benzene rings is 1. The smallest absolute Gasteiger partial charge is 0.123 e. The fraction of sp³-hybridized carbons (Fsp3) is 0.500. The Morgan fingerprint density at radius 1 is 1.44 bits per heavy atom. The monoisotopic (exact) mass is 227 g/mol. The lowest BCUT2D eigenvalue weighted by molar-refractivity contribution is 0.0380. The summed E-state index contributed by atoms with van der Waals surface area (Å²) in [6.45, 7) is 3.65. The van der Waals surface area contributed by atoms with Gasteiger partial charge in [-0.3, -0.25) is 0 Å². The normalized spacial score (nSPS) is 16.6. The molecule has 2 unspecified atom stereocenters. The van der Waals surface area contributed by atoms with Crippen LogP contribution in [0.2, 0.25) is 0 Å². The third-order valence-corrected chi connectivity index (χ3v) is 2.85. The van der Waals surface area contributed by atoms with E-state index >= 15 is 0 Å². The lowest BCUT2D eigenvalue weighted by Crippen LogP contribution is -2.49. The van der Waals surface area contributed by atoms with Crippen molar-refractivity contribution in [2.45, 2.75) is 25.5 Å². The molecule has 2 atom stereocenters. The maximum Gasteiger partial charge on any atom is 0.123 e. The molecule has 4 heteroatoms. The van der Waals surface area contributed by atoms with Crippen molar-refractivity contribution in [1.82, 2.24) is 0 Å². The summed E-state index contributed by atoms with van der Waals surface area (Å²) in [5, 5.41) is 12.5. The first-order chi connectivity index (χ1) is 7.51. The van der Waals surface area contributed by atoms with E-state index in [1.54, 1.807) is 19.2 Å². The molecule has 2 N–H and O–H groups in total. The van der Waals surface area contributed by atoms with Crippen LogP contribution in [0, 0.1) is 5.82 Å². The van der Waals surface area contributed by atoms with E-state index in [0.717, 1.165) is 5.69 Å². The molecule has 0 fully saturated rings. The number of rotatable bonds is 5. The van der Waals surface area contributed by atoms with Crippen LogP contribution in [0.3, 0.4) is 0 Å². The van der Waals surface area contributed by atoms with E-state index in [4.69, 9.17) is 4.74 Å². The summed E-state index contributed by atoms with van der Waals surface area (Å²) in [5.74, 6) is -0.281. The summed E-state index contributed by atoms with van der Waals surface area (Å²) in [5.41, 5.74) is 0.161. The van der Waals surface area contributed by atoms with Gasteiger partial charge in [0.25, 0.3) is 0 Å². The number of aliphatic hydroxyl groups is 1. The van der Waals surface area contributed by atoms with E-state index < -0.39 is 5.54 Å². The van der Waals surface area contributed by atoms with E-state index in [9.17, 15) is 9.50 Å². The molecule has 1 rings (SSSR count). The Kier molecular flexibility index (Phi) is 4.26. The summed E-state index contributed by atoms with van der Waals surface area (Å²) in [6.07, 6.45) is -0.164. The highest BCUT2D eigenvalue weighted by Crippen LogP contribution is 2.20. The van der Waals surface area contributed by atoms with Crippen molar-refractivity contribution in [2.24, 2.45) is 0 Å². The molecule has 0 spiro atoms. The molecule has 0 radical (unpaired) electrons. The molecular formula is C12H18FNO2. The summed E-state index contributed by atoms with van der Waals surface area (Å²) >= 11 is 0. The second-order valence-electron chi connectivity index (χ2n) is 4.09. The fourth-order valence-electron chi connectivity index (χ4n) is 1.39. The maximum absolute atomic E-state index is 12.7. The Balaban J connectivity index is 2.80. The van der Waals surface area contributed by atoms with Crippen LogP contribution in [-0.4, -0.2) is 30.5 Å². The summed E-state index contributed by atoms with van der Waals surface area (Å²) in [7, 11) is 1.59. The quantitative estimate of drug-likeness (QED) is 0.808. The van der Waals surface area contributed by atoms with Crippen molar-refractivity contribution in [3.8, 4) is 0 Å². The van der Waals surface area contributed by atoms with Crippen LogP contribution >= 0.6 is 0 Å². The van der Waals surface area contributed by atoms with E-state index in [1.807, 2.05) is 13.8 Å². The maximum atomic E-state index is 12.7. The van der Waals surface area contributed by atoms with Gasteiger partial charge in [-0.1, -0.05) is 0 Å². The second kappa shape index (κ2) is 5.27. The average Bonchev–Trinajstić information content (AvgIpc) is 2.31. The van der Waals surface area contributed by atoms with Gasteiger partial charge < -0.3 is 15.2 Å². The van der Waals surface area contributed by atoms with Gasteiger partial charge in [0.05, 0.1) is 18.2 Å². The summed E-state index contributed by atoms with van der Waals surface area (Å²) < 4.78 is 17.9. The van der Waals surface area contributed by atoms with Gasteiger partial charge in [0.15, 0.2) is 0 Å². The molecule has 0 saturated heterocycles. The van der Waals surface area contributed by atoms with Crippen molar-refractivity contribution in [3.05, 3.63) is 30.1 Å². The first-order valence-electron chi connectivity index (χ1n) is 5.19. The van der Waals surface area contributed by atoms with Crippen molar-refractivity contribution < 1.29 is 14.2 Å². The minimum absolute atomic E-state index is 0.0701. The average molecular weight is 227 g/mol. The first kappa shape index (κ1) is 12.9. The Labute approximate surface area is 95.2 Å². The minimum Gasteiger partial charge on any atom is -0.394 e. The second-order valence-corrected chi connectivity index (χ2v) is 4.09. The van der Waals surface area contributed by atoms with Crippen LogP contribution in [0.1, 0.15) is 13.8 Å². The number of ether oxygens (including phenoxy) is 1. The Morgan fingerprint density at radius 2 is 2.00 bits per heavy atom. The molecule has 0 aliphatic heterocycles. The SMILES string of the molecule is COC(C)C(C)(CO)Nc1ccc(F)cc1. The summed E-state index contributed by atoms with van der Waals surface area (Å²) in [4.78, 5) is 0. The number of halogens is 1. The van der Waals surface area contributed by atoms with Crippen molar-refractivity contribution in [1.29, 1.82) is 0 Å². The van der Waals surface area contributed by atoms with E-state index in [-0.39, 0.29) is 18.5 Å². The molecule has 0 aromatic heterocycles. The zero-order valence-corrected chi connectivity index (χ0v) is 9.83. The number of methoxy groups -OCH3 is 1. The molecule has 0 bridgehead atoms. The van der Waals surface area contributed by atoms with Crippen LogP contribution in [0.25, 0.3) is 0 Å². The van der Waals surface area contributed by atoms with Gasteiger partial charge in [-0.15, -0.1) is 0 Å².